The molecule has 0 spiro atoms. The Kier molecular flexibility index (Phi) is 3.49. The normalized spacial score (nSPS) is 18.0. The number of carbonyl (C=O) groups excluding carboxylic acids is 1. The maximum Gasteiger partial charge on any atom is 0.304 e. The highest BCUT2D eigenvalue weighted by atomic mass is 16.5. The van der Waals surface area contributed by atoms with E-state index in [0.717, 1.165) is 29.0 Å². The summed E-state index contributed by atoms with van der Waals surface area (Å²) in [6, 6.07) is 13.1. The monoisotopic (exact) mass is 323 g/mol. The molecule has 0 bridgehead atoms. The molecule has 1 atom stereocenters. The number of anilines is 1. The third-order valence-corrected chi connectivity index (χ3v) is 4.67. The van der Waals surface area contributed by atoms with Crippen molar-refractivity contribution in [3.63, 3.8) is 0 Å². The molecule has 2 heterocycles. The highest BCUT2D eigenvalue weighted by Crippen LogP contribution is 2.39. The van der Waals surface area contributed by atoms with Crippen LogP contribution in [0, 0.1) is 0 Å². The lowest BCUT2D eigenvalue weighted by molar-refractivity contribution is -0.137. The van der Waals surface area contributed by atoms with Gasteiger partial charge in [0, 0.05) is 30.1 Å². The number of ether oxygens (including phenoxy) is 1. The summed E-state index contributed by atoms with van der Waals surface area (Å²) in [5.41, 5.74) is 3.41. The number of carboxylic acids is 1. The van der Waals surface area contributed by atoms with Gasteiger partial charge in [-0.15, -0.1) is 0 Å². The molecule has 2 aromatic rings. The van der Waals surface area contributed by atoms with Crippen LogP contribution in [0.1, 0.15) is 33.8 Å². The standard InChI is InChI=1S/C19H17NO4/c21-18(22)10-14-11-20(16-4-2-1-3-15(14)16)19(23)13-5-6-17-12(9-13)7-8-24-17/h1-6,9,14H,7-8,10-11H2,(H,21,22). The molecule has 0 aromatic heterocycles. The van der Waals surface area contributed by atoms with E-state index in [4.69, 9.17) is 9.84 Å². The van der Waals surface area contributed by atoms with Crippen molar-refractivity contribution in [2.24, 2.45) is 0 Å². The topological polar surface area (TPSA) is 66.8 Å². The molecule has 0 saturated heterocycles. The third-order valence-electron chi connectivity index (χ3n) is 4.67. The second-order valence-corrected chi connectivity index (χ2v) is 6.19. The van der Waals surface area contributed by atoms with E-state index >= 15 is 0 Å². The molecule has 0 saturated carbocycles. The van der Waals surface area contributed by atoms with E-state index in [-0.39, 0.29) is 18.2 Å². The summed E-state index contributed by atoms with van der Waals surface area (Å²) < 4.78 is 5.49. The maximum absolute atomic E-state index is 13.0. The Morgan fingerprint density at radius 3 is 2.88 bits per heavy atom. The smallest absolute Gasteiger partial charge is 0.304 e. The van der Waals surface area contributed by atoms with Crippen LogP contribution in [-0.2, 0) is 11.2 Å². The molecule has 122 valence electrons. The fourth-order valence-electron chi connectivity index (χ4n) is 3.55. The lowest BCUT2D eigenvalue weighted by atomic mass is 9.98. The van der Waals surface area contributed by atoms with Crippen molar-refractivity contribution >= 4 is 17.6 Å². The van der Waals surface area contributed by atoms with Gasteiger partial charge in [-0.25, -0.2) is 0 Å². The van der Waals surface area contributed by atoms with E-state index in [0.29, 0.717) is 18.7 Å². The molecule has 1 N–H and O–H groups in total. The first-order valence-corrected chi connectivity index (χ1v) is 8.02. The fourth-order valence-corrected chi connectivity index (χ4v) is 3.55. The SMILES string of the molecule is O=C(O)CC1CN(C(=O)c2ccc3c(c2)CCO3)c2ccccc21. The average Bonchev–Trinajstić information content (AvgIpc) is 3.18. The summed E-state index contributed by atoms with van der Waals surface area (Å²) in [6.07, 6.45) is 0.841. The molecule has 5 nitrogen and oxygen atoms in total. The van der Waals surface area contributed by atoms with Gasteiger partial charge in [-0.05, 0) is 35.4 Å². The zero-order chi connectivity index (χ0) is 16.7. The van der Waals surface area contributed by atoms with Crippen molar-refractivity contribution in [3.05, 3.63) is 59.2 Å². The van der Waals surface area contributed by atoms with Crippen LogP contribution in [0.4, 0.5) is 5.69 Å². The van der Waals surface area contributed by atoms with Crippen molar-refractivity contribution in [2.45, 2.75) is 18.8 Å². The highest BCUT2D eigenvalue weighted by molar-refractivity contribution is 6.07. The first-order valence-electron chi connectivity index (χ1n) is 8.02. The molecule has 2 aliphatic heterocycles. The lowest BCUT2D eigenvalue weighted by Gasteiger charge is -2.18. The van der Waals surface area contributed by atoms with Gasteiger partial charge in [0.15, 0.2) is 0 Å². The number of para-hydroxylation sites is 1. The van der Waals surface area contributed by atoms with E-state index < -0.39 is 5.97 Å². The summed E-state index contributed by atoms with van der Waals surface area (Å²) in [6.45, 7) is 1.05. The molecule has 4 rings (SSSR count). The molecule has 2 aromatic carbocycles. The summed E-state index contributed by atoms with van der Waals surface area (Å²) in [5, 5.41) is 9.13. The third kappa shape index (κ3) is 2.42. The highest BCUT2D eigenvalue weighted by Gasteiger charge is 2.34. The fraction of sp³-hybridized carbons (Fsp3) is 0.263. The first kappa shape index (κ1) is 14.8. The molecule has 1 amide bonds. The number of carboxylic acid groups (broad SMARTS) is 1. The molecular weight excluding hydrogens is 306 g/mol. The van der Waals surface area contributed by atoms with Crippen LogP contribution in [0.2, 0.25) is 0 Å². The number of nitrogens with zero attached hydrogens (tertiary/aromatic N) is 1. The number of hydrogen-bond donors (Lipinski definition) is 1. The van der Waals surface area contributed by atoms with E-state index in [1.165, 1.54) is 0 Å². The summed E-state index contributed by atoms with van der Waals surface area (Å²) in [5.74, 6) is -0.263. The van der Waals surface area contributed by atoms with E-state index in [2.05, 4.69) is 0 Å². The van der Waals surface area contributed by atoms with Gasteiger partial charge >= 0.3 is 5.97 Å². The van der Waals surface area contributed by atoms with E-state index in [1.54, 1.807) is 11.0 Å². The quantitative estimate of drug-likeness (QED) is 0.943. The number of amides is 1. The van der Waals surface area contributed by atoms with E-state index in [1.807, 2.05) is 36.4 Å². The Balaban J connectivity index is 1.66. The van der Waals surface area contributed by atoms with Gasteiger partial charge in [0.1, 0.15) is 5.75 Å². The Morgan fingerprint density at radius 2 is 2.04 bits per heavy atom. The number of rotatable bonds is 3. The van der Waals surface area contributed by atoms with Crippen LogP contribution in [-0.4, -0.2) is 30.1 Å². The van der Waals surface area contributed by atoms with Gasteiger partial charge in [-0.1, -0.05) is 18.2 Å². The van der Waals surface area contributed by atoms with Gasteiger partial charge in [-0.2, -0.15) is 0 Å². The molecular formula is C19H17NO4. The predicted octanol–water partition coefficient (Wildman–Crippen LogP) is 2.84. The molecule has 24 heavy (non-hydrogen) atoms. The average molecular weight is 323 g/mol. The number of carbonyl (C=O) groups is 2. The van der Waals surface area contributed by atoms with Gasteiger partial charge in [0.05, 0.1) is 13.0 Å². The van der Waals surface area contributed by atoms with Crippen molar-refractivity contribution in [3.8, 4) is 5.75 Å². The lowest BCUT2D eigenvalue weighted by Crippen LogP contribution is -2.30. The molecule has 1 unspecified atom stereocenters. The van der Waals surface area contributed by atoms with Gasteiger partial charge in [0.25, 0.3) is 5.91 Å². The van der Waals surface area contributed by atoms with Crippen LogP contribution < -0.4 is 9.64 Å². The van der Waals surface area contributed by atoms with Gasteiger partial charge in [0.2, 0.25) is 0 Å². The molecule has 0 radical (unpaired) electrons. The van der Waals surface area contributed by atoms with Crippen LogP contribution in [0.15, 0.2) is 42.5 Å². The summed E-state index contributed by atoms with van der Waals surface area (Å²) >= 11 is 0. The summed E-state index contributed by atoms with van der Waals surface area (Å²) in [7, 11) is 0. The number of fused-ring (bicyclic) bond motifs is 2. The Morgan fingerprint density at radius 1 is 1.21 bits per heavy atom. The van der Waals surface area contributed by atoms with Crippen molar-refractivity contribution in [1.82, 2.24) is 0 Å². The van der Waals surface area contributed by atoms with E-state index in [9.17, 15) is 9.59 Å². The summed E-state index contributed by atoms with van der Waals surface area (Å²) in [4.78, 5) is 25.8. The second-order valence-electron chi connectivity index (χ2n) is 6.19. The van der Waals surface area contributed by atoms with Crippen molar-refractivity contribution in [1.29, 1.82) is 0 Å². The van der Waals surface area contributed by atoms with Crippen LogP contribution >= 0.6 is 0 Å². The van der Waals surface area contributed by atoms with Crippen molar-refractivity contribution in [2.75, 3.05) is 18.1 Å². The first-order chi connectivity index (χ1) is 11.6. The minimum absolute atomic E-state index is 0.0266. The predicted molar refractivity (Wildman–Crippen MR) is 88.8 cm³/mol. The molecule has 0 aliphatic carbocycles. The zero-order valence-corrected chi connectivity index (χ0v) is 13.1. The van der Waals surface area contributed by atoms with Gasteiger partial charge in [-0.3, -0.25) is 9.59 Å². The maximum atomic E-state index is 13.0. The minimum Gasteiger partial charge on any atom is -0.493 e. The number of aliphatic carboxylic acids is 1. The Hall–Kier alpha value is -2.82. The van der Waals surface area contributed by atoms with Crippen LogP contribution in [0.5, 0.6) is 5.75 Å². The second kappa shape index (κ2) is 5.67. The van der Waals surface area contributed by atoms with Crippen LogP contribution in [0.25, 0.3) is 0 Å². The Labute approximate surface area is 139 Å². The van der Waals surface area contributed by atoms with Gasteiger partial charge < -0.3 is 14.7 Å². The van der Waals surface area contributed by atoms with Crippen LogP contribution in [0.3, 0.4) is 0 Å². The zero-order valence-electron chi connectivity index (χ0n) is 13.1. The molecule has 2 aliphatic rings. The number of hydrogen-bond acceptors (Lipinski definition) is 3. The number of benzene rings is 2. The Bertz CT molecular complexity index is 830. The van der Waals surface area contributed by atoms with Crippen molar-refractivity contribution < 1.29 is 19.4 Å². The molecule has 5 heteroatoms. The molecule has 0 fully saturated rings. The largest absolute Gasteiger partial charge is 0.493 e. The minimum atomic E-state index is -0.848.